The number of nitrogens with zero attached hydrogens (tertiary/aromatic N) is 1. The van der Waals surface area contributed by atoms with E-state index in [9.17, 15) is 4.79 Å². The summed E-state index contributed by atoms with van der Waals surface area (Å²) in [6.45, 7) is 0. The van der Waals surface area contributed by atoms with Crippen LogP contribution in [0.2, 0.25) is 0 Å². The molecule has 20 heavy (non-hydrogen) atoms. The Morgan fingerprint density at radius 1 is 1.35 bits per heavy atom. The molecule has 1 heterocycles. The van der Waals surface area contributed by atoms with Gasteiger partial charge in [0.1, 0.15) is 5.75 Å². The van der Waals surface area contributed by atoms with Crippen molar-refractivity contribution in [2.45, 2.75) is 25.4 Å². The van der Waals surface area contributed by atoms with Gasteiger partial charge < -0.3 is 9.47 Å². The predicted molar refractivity (Wildman–Crippen MR) is 79.0 cm³/mol. The quantitative estimate of drug-likeness (QED) is 0.802. The standard InChI is InChI=1S/C15H14BrNO3/c1-19-15(18)13-8-14(20-10-3-2-4-10)11-7-9(16)5-6-12(11)17-13/h5-8,10H,2-4H2,1H3. The van der Waals surface area contributed by atoms with Crippen LogP contribution in [0.4, 0.5) is 0 Å². The number of carbonyl (C=O) groups excluding carboxylic acids is 1. The van der Waals surface area contributed by atoms with Crippen LogP contribution < -0.4 is 4.74 Å². The molecule has 1 fully saturated rings. The minimum Gasteiger partial charge on any atom is -0.490 e. The number of methoxy groups -OCH3 is 1. The molecule has 0 unspecified atom stereocenters. The monoisotopic (exact) mass is 335 g/mol. The van der Waals surface area contributed by atoms with Crippen LogP contribution in [0.25, 0.3) is 10.9 Å². The molecule has 1 aromatic carbocycles. The van der Waals surface area contributed by atoms with Crippen LogP contribution in [0.1, 0.15) is 29.8 Å². The van der Waals surface area contributed by atoms with Crippen molar-refractivity contribution in [2.75, 3.05) is 7.11 Å². The van der Waals surface area contributed by atoms with E-state index in [0.29, 0.717) is 5.75 Å². The minimum absolute atomic E-state index is 0.241. The average molecular weight is 336 g/mol. The fourth-order valence-corrected chi connectivity index (χ4v) is 2.50. The lowest BCUT2D eigenvalue weighted by atomic mass is 9.96. The second-order valence-electron chi connectivity index (χ2n) is 4.83. The van der Waals surface area contributed by atoms with Gasteiger partial charge in [0.05, 0.1) is 18.7 Å². The maximum absolute atomic E-state index is 11.7. The van der Waals surface area contributed by atoms with Gasteiger partial charge in [-0.25, -0.2) is 9.78 Å². The molecule has 1 aromatic heterocycles. The summed E-state index contributed by atoms with van der Waals surface area (Å²) < 4.78 is 11.7. The molecule has 4 nitrogen and oxygen atoms in total. The number of rotatable bonds is 3. The summed E-state index contributed by atoms with van der Waals surface area (Å²) in [5, 5.41) is 0.902. The zero-order chi connectivity index (χ0) is 14.1. The summed E-state index contributed by atoms with van der Waals surface area (Å²) in [5.41, 5.74) is 1.00. The van der Waals surface area contributed by atoms with E-state index < -0.39 is 5.97 Å². The van der Waals surface area contributed by atoms with Crippen molar-refractivity contribution in [2.24, 2.45) is 0 Å². The topological polar surface area (TPSA) is 48.4 Å². The molecule has 2 aromatic rings. The van der Waals surface area contributed by atoms with Gasteiger partial charge in [0.25, 0.3) is 0 Å². The average Bonchev–Trinajstić information content (AvgIpc) is 2.41. The number of aromatic nitrogens is 1. The molecule has 0 amide bonds. The Labute approximate surface area is 125 Å². The molecule has 5 heteroatoms. The van der Waals surface area contributed by atoms with Gasteiger partial charge >= 0.3 is 5.97 Å². The van der Waals surface area contributed by atoms with Crippen LogP contribution in [-0.4, -0.2) is 24.2 Å². The van der Waals surface area contributed by atoms with Crippen LogP contribution >= 0.6 is 15.9 Å². The molecule has 0 radical (unpaired) electrons. The van der Waals surface area contributed by atoms with Gasteiger partial charge in [-0.1, -0.05) is 15.9 Å². The van der Waals surface area contributed by atoms with Crippen molar-refractivity contribution in [1.29, 1.82) is 0 Å². The van der Waals surface area contributed by atoms with Crippen molar-refractivity contribution in [3.05, 3.63) is 34.4 Å². The molecular formula is C15H14BrNO3. The van der Waals surface area contributed by atoms with Gasteiger partial charge in [-0.15, -0.1) is 0 Å². The van der Waals surface area contributed by atoms with Crippen molar-refractivity contribution < 1.29 is 14.3 Å². The number of fused-ring (bicyclic) bond motifs is 1. The molecule has 1 saturated carbocycles. The third-order valence-corrected chi connectivity index (χ3v) is 3.97. The highest BCUT2D eigenvalue weighted by atomic mass is 79.9. The summed E-state index contributed by atoms with van der Waals surface area (Å²) in [6.07, 6.45) is 3.56. The Hall–Kier alpha value is -1.62. The largest absolute Gasteiger partial charge is 0.490 e. The summed E-state index contributed by atoms with van der Waals surface area (Å²) in [4.78, 5) is 16.0. The van der Waals surface area contributed by atoms with E-state index in [1.165, 1.54) is 13.5 Å². The first-order chi connectivity index (χ1) is 9.67. The van der Waals surface area contributed by atoms with Crippen LogP contribution in [0, 0.1) is 0 Å². The molecule has 0 N–H and O–H groups in total. The number of hydrogen-bond donors (Lipinski definition) is 0. The summed E-state index contributed by atoms with van der Waals surface area (Å²) in [6, 6.07) is 7.37. The maximum Gasteiger partial charge on any atom is 0.356 e. The van der Waals surface area contributed by atoms with E-state index in [2.05, 4.69) is 20.9 Å². The lowest BCUT2D eigenvalue weighted by molar-refractivity contribution is 0.0592. The van der Waals surface area contributed by atoms with Gasteiger partial charge in [0.2, 0.25) is 0 Å². The number of benzene rings is 1. The molecule has 3 rings (SSSR count). The SMILES string of the molecule is COC(=O)c1cc(OC2CCC2)c2cc(Br)ccc2n1. The zero-order valence-corrected chi connectivity index (χ0v) is 12.6. The normalized spacial score (nSPS) is 14.9. The lowest BCUT2D eigenvalue weighted by Gasteiger charge is -2.27. The van der Waals surface area contributed by atoms with Crippen molar-refractivity contribution in [3.8, 4) is 5.75 Å². The van der Waals surface area contributed by atoms with E-state index in [1.807, 2.05) is 18.2 Å². The Balaban J connectivity index is 2.10. The first-order valence-corrected chi connectivity index (χ1v) is 7.32. The van der Waals surface area contributed by atoms with Gasteiger partial charge in [-0.3, -0.25) is 0 Å². The first-order valence-electron chi connectivity index (χ1n) is 6.52. The van der Waals surface area contributed by atoms with Gasteiger partial charge in [0.15, 0.2) is 5.69 Å². The third kappa shape index (κ3) is 2.50. The Morgan fingerprint density at radius 2 is 2.15 bits per heavy atom. The van der Waals surface area contributed by atoms with E-state index >= 15 is 0 Å². The van der Waals surface area contributed by atoms with Crippen molar-refractivity contribution >= 4 is 32.8 Å². The Morgan fingerprint density at radius 3 is 2.80 bits per heavy atom. The molecule has 0 aliphatic heterocycles. The van der Waals surface area contributed by atoms with E-state index in [1.54, 1.807) is 6.07 Å². The smallest absolute Gasteiger partial charge is 0.356 e. The van der Waals surface area contributed by atoms with Crippen molar-refractivity contribution in [1.82, 2.24) is 4.98 Å². The second kappa shape index (κ2) is 5.40. The van der Waals surface area contributed by atoms with Gasteiger partial charge in [0, 0.05) is 15.9 Å². The van der Waals surface area contributed by atoms with Crippen LogP contribution in [0.3, 0.4) is 0 Å². The highest BCUT2D eigenvalue weighted by Crippen LogP contribution is 2.32. The number of esters is 1. The van der Waals surface area contributed by atoms with Gasteiger partial charge in [-0.05, 0) is 37.5 Å². The molecule has 0 saturated heterocycles. The molecule has 1 aliphatic carbocycles. The van der Waals surface area contributed by atoms with E-state index in [0.717, 1.165) is 28.2 Å². The molecular weight excluding hydrogens is 322 g/mol. The summed E-state index contributed by atoms with van der Waals surface area (Å²) >= 11 is 3.45. The Bertz CT molecular complexity index is 667. The Kier molecular flexibility index (Phi) is 3.61. The maximum atomic E-state index is 11.7. The molecule has 104 valence electrons. The number of halogens is 1. The molecule has 0 bridgehead atoms. The molecule has 0 atom stereocenters. The second-order valence-corrected chi connectivity index (χ2v) is 5.75. The number of carbonyl (C=O) groups is 1. The fourth-order valence-electron chi connectivity index (χ4n) is 2.14. The number of ether oxygens (including phenoxy) is 2. The van der Waals surface area contributed by atoms with Crippen LogP contribution in [0.5, 0.6) is 5.75 Å². The zero-order valence-electron chi connectivity index (χ0n) is 11.1. The summed E-state index contributed by atoms with van der Waals surface area (Å²) in [7, 11) is 1.35. The van der Waals surface area contributed by atoms with E-state index in [4.69, 9.17) is 9.47 Å². The van der Waals surface area contributed by atoms with Crippen LogP contribution in [0.15, 0.2) is 28.7 Å². The van der Waals surface area contributed by atoms with Crippen LogP contribution in [-0.2, 0) is 4.74 Å². The lowest BCUT2D eigenvalue weighted by Crippen LogP contribution is -2.24. The van der Waals surface area contributed by atoms with E-state index in [-0.39, 0.29) is 11.8 Å². The summed E-state index contributed by atoms with van der Waals surface area (Å²) in [5.74, 6) is 0.245. The molecule has 1 aliphatic rings. The van der Waals surface area contributed by atoms with Gasteiger partial charge in [-0.2, -0.15) is 0 Å². The highest BCUT2D eigenvalue weighted by molar-refractivity contribution is 9.10. The number of hydrogen-bond acceptors (Lipinski definition) is 4. The molecule has 0 spiro atoms. The number of pyridine rings is 1. The van der Waals surface area contributed by atoms with Crippen molar-refractivity contribution in [3.63, 3.8) is 0 Å². The first kappa shape index (κ1) is 13.4. The predicted octanol–water partition coefficient (Wildman–Crippen LogP) is 3.72. The minimum atomic E-state index is -0.451. The fraction of sp³-hybridized carbons (Fsp3) is 0.333. The third-order valence-electron chi connectivity index (χ3n) is 3.47. The highest BCUT2D eigenvalue weighted by Gasteiger charge is 2.21.